The predicted octanol–water partition coefficient (Wildman–Crippen LogP) is 4.62. The molecule has 140 valence electrons. The molecule has 8 heteroatoms. The van der Waals surface area contributed by atoms with Crippen molar-refractivity contribution in [3.8, 4) is 5.69 Å². The van der Waals surface area contributed by atoms with E-state index in [1.54, 1.807) is 0 Å². The number of rotatable bonds is 3. The normalized spacial score (nSPS) is 13.7. The van der Waals surface area contributed by atoms with Gasteiger partial charge < -0.3 is 0 Å². The molecule has 4 aromatic rings. The summed E-state index contributed by atoms with van der Waals surface area (Å²) in [6.07, 6.45) is 2.19. The molecular weight excluding hydrogens is 392 g/mol. The van der Waals surface area contributed by atoms with Crippen molar-refractivity contribution in [3.05, 3.63) is 57.5 Å². The lowest BCUT2D eigenvalue weighted by Gasteiger charge is -2.05. The Kier molecular flexibility index (Phi) is 4.10. The summed E-state index contributed by atoms with van der Waals surface area (Å²) < 4.78 is 1.87. The van der Waals surface area contributed by atoms with Gasteiger partial charge in [0.1, 0.15) is 4.83 Å². The Balaban J connectivity index is 1.47. The third-order valence-corrected chi connectivity index (χ3v) is 6.92. The third kappa shape index (κ3) is 2.85. The first-order valence-electron chi connectivity index (χ1n) is 8.99. The van der Waals surface area contributed by atoms with E-state index in [0.717, 1.165) is 40.1 Å². The van der Waals surface area contributed by atoms with E-state index in [4.69, 9.17) is 0 Å². The number of carbonyl (C=O) groups excluding carboxylic acids is 2. The number of thiophene rings is 1. The van der Waals surface area contributed by atoms with Crippen LogP contribution in [0.15, 0.2) is 36.4 Å². The van der Waals surface area contributed by atoms with Crippen molar-refractivity contribution in [2.75, 3.05) is 5.32 Å². The summed E-state index contributed by atoms with van der Waals surface area (Å²) >= 11 is 2.67. The molecule has 3 aromatic heterocycles. The second-order valence-electron chi connectivity index (χ2n) is 6.69. The van der Waals surface area contributed by atoms with E-state index in [9.17, 15) is 9.59 Å². The first-order chi connectivity index (χ1) is 13.6. The van der Waals surface area contributed by atoms with Crippen molar-refractivity contribution in [1.82, 2.24) is 14.8 Å². The molecule has 1 N–H and O–H groups in total. The Labute approximate surface area is 168 Å². The Bertz CT molecular complexity index is 1220. The summed E-state index contributed by atoms with van der Waals surface area (Å²) in [5.41, 5.74) is 2.65. The third-order valence-electron chi connectivity index (χ3n) is 4.76. The number of nitrogens with zero attached hydrogens (tertiary/aromatic N) is 3. The molecule has 0 bridgehead atoms. The molecule has 1 amide bonds. The highest BCUT2D eigenvalue weighted by Gasteiger charge is 2.24. The number of Topliss-reactive ketones (excluding diaryl/α,β-unsaturated/α-hetero) is 1. The molecule has 1 aliphatic rings. The maximum atomic E-state index is 12.8. The van der Waals surface area contributed by atoms with Crippen LogP contribution in [-0.2, 0) is 6.42 Å². The first kappa shape index (κ1) is 17.3. The zero-order valence-corrected chi connectivity index (χ0v) is 16.7. The molecule has 0 spiro atoms. The topological polar surface area (TPSA) is 76.9 Å². The monoisotopic (exact) mass is 408 g/mol. The van der Waals surface area contributed by atoms with Crippen LogP contribution in [-0.4, -0.2) is 26.5 Å². The van der Waals surface area contributed by atoms with E-state index in [-0.39, 0.29) is 11.7 Å². The molecule has 0 saturated carbocycles. The highest BCUT2D eigenvalue weighted by atomic mass is 32.1. The van der Waals surface area contributed by atoms with Crippen molar-refractivity contribution in [2.45, 2.75) is 26.2 Å². The minimum Gasteiger partial charge on any atom is -0.297 e. The van der Waals surface area contributed by atoms with Crippen molar-refractivity contribution < 1.29 is 9.59 Å². The van der Waals surface area contributed by atoms with Gasteiger partial charge in [0, 0.05) is 11.8 Å². The minimum absolute atomic E-state index is 0.125. The average molecular weight is 409 g/mol. The number of anilines is 1. The van der Waals surface area contributed by atoms with E-state index in [0.29, 0.717) is 21.3 Å². The molecule has 0 unspecified atom stereocenters. The quantitative estimate of drug-likeness (QED) is 0.536. The Morgan fingerprint density at radius 2 is 2.00 bits per heavy atom. The molecule has 0 atom stereocenters. The molecule has 0 radical (unpaired) electrons. The van der Waals surface area contributed by atoms with E-state index in [1.807, 2.05) is 48.0 Å². The van der Waals surface area contributed by atoms with E-state index < -0.39 is 0 Å². The lowest BCUT2D eigenvalue weighted by atomic mass is 10.0. The van der Waals surface area contributed by atoms with Gasteiger partial charge in [-0.25, -0.2) is 9.67 Å². The van der Waals surface area contributed by atoms with Crippen LogP contribution in [0.1, 0.15) is 43.6 Å². The zero-order chi connectivity index (χ0) is 19.3. The number of hydrogen-bond acceptors (Lipinski definition) is 6. The number of aromatic nitrogens is 3. The summed E-state index contributed by atoms with van der Waals surface area (Å²) in [4.78, 5) is 31.4. The van der Waals surface area contributed by atoms with Gasteiger partial charge in [-0.3, -0.25) is 14.9 Å². The fourth-order valence-electron chi connectivity index (χ4n) is 3.38. The molecule has 28 heavy (non-hydrogen) atoms. The minimum atomic E-state index is -0.209. The summed E-state index contributed by atoms with van der Waals surface area (Å²) in [5, 5.41) is 8.92. The van der Waals surface area contributed by atoms with Crippen LogP contribution in [0.5, 0.6) is 0 Å². The molecule has 5 rings (SSSR count). The number of hydrogen-bond donors (Lipinski definition) is 1. The Morgan fingerprint density at radius 3 is 2.79 bits per heavy atom. The molecule has 0 fully saturated rings. The summed E-state index contributed by atoms with van der Waals surface area (Å²) in [7, 11) is 0. The lowest BCUT2D eigenvalue weighted by molar-refractivity contribution is 0.0975. The zero-order valence-electron chi connectivity index (χ0n) is 15.1. The van der Waals surface area contributed by atoms with Crippen LogP contribution < -0.4 is 5.32 Å². The number of ketones is 1. The number of aryl methyl sites for hydroxylation is 2. The molecule has 0 aliphatic heterocycles. The number of benzene rings is 1. The van der Waals surface area contributed by atoms with Crippen LogP contribution in [0.25, 0.3) is 15.9 Å². The van der Waals surface area contributed by atoms with Gasteiger partial charge in [0.25, 0.3) is 5.91 Å². The SMILES string of the molecule is Cc1nn(-c2ccccc2)c2sc(C(=O)Nc3nc4c(s3)C(=O)CCC4)cc12. The molecule has 3 heterocycles. The number of fused-ring (bicyclic) bond motifs is 2. The molecule has 1 aliphatic carbocycles. The fraction of sp³-hybridized carbons (Fsp3) is 0.200. The second-order valence-corrected chi connectivity index (χ2v) is 8.72. The predicted molar refractivity (Wildman–Crippen MR) is 111 cm³/mol. The van der Waals surface area contributed by atoms with Crippen LogP contribution in [0.3, 0.4) is 0 Å². The van der Waals surface area contributed by atoms with Gasteiger partial charge in [0.05, 0.1) is 26.8 Å². The highest BCUT2D eigenvalue weighted by molar-refractivity contribution is 7.21. The summed E-state index contributed by atoms with van der Waals surface area (Å²) in [5.74, 6) is -0.0848. The first-order valence-corrected chi connectivity index (χ1v) is 10.6. The maximum Gasteiger partial charge on any atom is 0.267 e. The van der Waals surface area contributed by atoms with Crippen molar-refractivity contribution in [3.63, 3.8) is 0 Å². The van der Waals surface area contributed by atoms with E-state index >= 15 is 0 Å². The molecule has 6 nitrogen and oxygen atoms in total. The van der Waals surface area contributed by atoms with Crippen LogP contribution in [0, 0.1) is 6.92 Å². The van der Waals surface area contributed by atoms with Crippen molar-refractivity contribution in [1.29, 1.82) is 0 Å². The maximum absolute atomic E-state index is 12.8. The number of carbonyl (C=O) groups is 2. The van der Waals surface area contributed by atoms with Gasteiger partial charge in [-0.05, 0) is 38.0 Å². The standard InChI is InChI=1S/C20H16N4O2S2/c1-11-13-10-16(27-19(13)24(23-11)12-6-3-2-4-7-12)18(26)22-20-21-14-8-5-9-15(25)17(14)28-20/h2-4,6-7,10H,5,8-9H2,1H3,(H,21,22,26). The van der Waals surface area contributed by atoms with E-state index in [1.165, 1.54) is 22.7 Å². The number of para-hydroxylation sites is 1. The van der Waals surface area contributed by atoms with Crippen molar-refractivity contribution in [2.24, 2.45) is 0 Å². The average Bonchev–Trinajstić information content (AvgIpc) is 3.38. The Morgan fingerprint density at radius 1 is 1.18 bits per heavy atom. The second kappa shape index (κ2) is 6.65. The Hall–Kier alpha value is -2.84. The van der Waals surface area contributed by atoms with Gasteiger partial charge in [0.15, 0.2) is 10.9 Å². The lowest BCUT2D eigenvalue weighted by Crippen LogP contribution is -2.10. The van der Waals surface area contributed by atoms with Gasteiger partial charge in [0.2, 0.25) is 0 Å². The fourth-order valence-corrected chi connectivity index (χ4v) is 5.44. The van der Waals surface area contributed by atoms with Crippen LogP contribution >= 0.6 is 22.7 Å². The summed E-state index contributed by atoms with van der Waals surface area (Å²) in [6.45, 7) is 1.94. The largest absolute Gasteiger partial charge is 0.297 e. The van der Waals surface area contributed by atoms with Crippen LogP contribution in [0.4, 0.5) is 5.13 Å². The van der Waals surface area contributed by atoms with E-state index in [2.05, 4.69) is 15.4 Å². The van der Waals surface area contributed by atoms with Gasteiger partial charge >= 0.3 is 0 Å². The molecule has 0 saturated heterocycles. The van der Waals surface area contributed by atoms with Crippen LogP contribution in [0.2, 0.25) is 0 Å². The van der Waals surface area contributed by atoms with Gasteiger partial charge in [-0.15, -0.1) is 11.3 Å². The smallest absolute Gasteiger partial charge is 0.267 e. The van der Waals surface area contributed by atoms with Gasteiger partial charge in [-0.1, -0.05) is 29.5 Å². The number of thiazole rings is 1. The van der Waals surface area contributed by atoms with Crippen molar-refractivity contribution >= 4 is 49.7 Å². The summed E-state index contributed by atoms with van der Waals surface area (Å²) in [6, 6.07) is 11.7. The highest BCUT2D eigenvalue weighted by Crippen LogP contribution is 2.33. The number of nitrogens with one attached hydrogen (secondary N) is 1. The van der Waals surface area contributed by atoms with Gasteiger partial charge in [-0.2, -0.15) is 5.10 Å². The molecule has 1 aromatic carbocycles. The molecular formula is C20H16N4O2S2. The number of amides is 1.